The Morgan fingerprint density at radius 3 is 2.49 bits per heavy atom. The van der Waals surface area contributed by atoms with Gasteiger partial charge in [-0.2, -0.15) is 0 Å². The molecule has 37 heavy (non-hydrogen) atoms. The van der Waals surface area contributed by atoms with E-state index in [9.17, 15) is 22.8 Å². The number of ketones is 1. The summed E-state index contributed by atoms with van der Waals surface area (Å²) in [7, 11) is 0. The Morgan fingerprint density at radius 1 is 1.08 bits per heavy atom. The van der Waals surface area contributed by atoms with E-state index in [1.165, 1.54) is 6.07 Å². The zero-order chi connectivity index (χ0) is 26.7. The van der Waals surface area contributed by atoms with Gasteiger partial charge in [0.25, 0.3) is 0 Å². The SMILES string of the molecule is C[C@H]1C[C@@H](c2ccncc2CC(=O)c2ccc(F)c(-c3c(F)cccc3F)n2)C[C@@H](N)[C@H]1OCC(=O)O. The van der Waals surface area contributed by atoms with Crippen molar-refractivity contribution in [3.8, 4) is 11.3 Å². The highest BCUT2D eigenvalue weighted by atomic mass is 19.1. The van der Waals surface area contributed by atoms with Crippen LogP contribution in [0.1, 0.15) is 47.3 Å². The summed E-state index contributed by atoms with van der Waals surface area (Å²) in [4.78, 5) is 32.1. The molecule has 0 saturated heterocycles. The lowest BCUT2D eigenvalue weighted by Crippen LogP contribution is -2.47. The number of ether oxygens (including phenoxy) is 1. The van der Waals surface area contributed by atoms with Gasteiger partial charge in [0, 0.05) is 24.9 Å². The molecule has 4 rings (SSSR count). The average molecular weight is 514 g/mol. The minimum absolute atomic E-state index is 0.0234. The summed E-state index contributed by atoms with van der Waals surface area (Å²) in [6, 6.07) is 6.68. The molecule has 4 atom stereocenters. The van der Waals surface area contributed by atoms with Crippen LogP contribution in [0.25, 0.3) is 11.3 Å². The third-order valence-electron chi connectivity index (χ3n) is 6.66. The Bertz CT molecular complexity index is 1290. The third kappa shape index (κ3) is 5.86. The molecule has 0 aliphatic heterocycles. The van der Waals surface area contributed by atoms with Crippen LogP contribution in [-0.4, -0.2) is 45.6 Å². The fourth-order valence-electron chi connectivity index (χ4n) is 5.02. The topological polar surface area (TPSA) is 115 Å². The molecule has 1 aromatic carbocycles. The predicted octanol–water partition coefficient (Wildman–Crippen LogP) is 4.30. The molecular formula is C27H26F3N3O4. The maximum absolute atomic E-state index is 14.4. The maximum Gasteiger partial charge on any atom is 0.329 e. The first-order chi connectivity index (χ1) is 17.7. The number of benzene rings is 1. The highest BCUT2D eigenvalue weighted by Gasteiger charge is 2.36. The van der Waals surface area contributed by atoms with E-state index < -0.39 is 59.2 Å². The minimum atomic E-state index is -1.06. The number of carboxylic acids is 1. The molecule has 3 N–H and O–H groups in total. The molecule has 194 valence electrons. The molecule has 1 fully saturated rings. The molecular weight excluding hydrogens is 487 g/mol. The van der Waals surface area contributed by atoms with Crippen LogP contribution in [0.15, 0.2) is 48.8 Å². The predicted molar refractivity (Wildman–Crippen MR) is 128 cm³/mol. The highest BCUT2D eigenvalue weighted by Crippen LogP contribution is 2.38. The molecule has 0 unspecified atom stereocenters. The van der Waals surface area contributed by atoms with Crippen molar-refractivity contribution in [1.82, 2.24) is 9.97 Å². The number of carboxylic acid groups (broad SMARTS) is 1. The molecule has 3 aromatic rings. The van der Waals surface area contributed by atoms with E-state index in [1.807, 2.05) is 13.0 Å². The number of aromatic nitrogens is 2. The number of rotatable bonds is 8. The number of carbonyl (C=O) groups is 2. The summed E-state index contributed by atoms with van der Waals surface area (Å²) in [6.07, 6.45) is 3.85. The average Bonchev–Trinajstić information content (AvgIpc) is 2.84. The van der Waals surface area contributed by atoms with Gasteiger partial charge in [-0.15, -0.1) is 0 Å². The number of Topliss-reactive ketones (excluding diaryl/α,β-unsaturated/α-hetero) is 1. The largest absolute Gasteiger partial charge is 0.480 e. The smallest absolute Gasteiger partial charge is 0.329 e. The number of hydrogen-bond acceptors (Lipinski definition) is 6. The van der Waals surface area contributed by atoms with Gasteiger partial charge in [0.05, 0.1) is 11.7 Å². The van der Waals surface area contributed by atoms with Crippen molar-refractivity contribution in [3.63, 3.8) is 0 Å². The molecule has 0 amide bonds. The molecule has 0 radical (unpaired) electrons. The van der Waals surface area contributed by atoms with E-state index in [1.54, 1.807) is 12.4 Å². The van der Waals surface area contributed by atoms with E-state index in [2.05, 4.69) is 9.97 Å². The van der Waals surface area contributed by atoms with Gasteiger partial charge in [-0.1, -0.05) is 13.0 Å². The zero-order valence-electron chi connectivity index (χ0n) is 20.0. The van der Waals surface area contributed by atoms with Crippen LogP contribution in [0, 0.1) is 23.4 Å². The van der Waals surface area contributed by atoms with E-state index in [0.29, 0.717) is 18.4 Å². The number of aliphatic carboxylic acids is 1. The summed E-state index contributed by atoms with van der Waals surface area (Å²) >= 11 is 0. The highest BCUT2D eigenvalue weighted by molar-refractivity contribution is 5.96. The van der Waals surface area contributed by atoms with E-state index in [4.69, 9.17) is 15.6 Å². The third-order valence-corrected chi connectivity index (χ3v) is 6.66. The van der Waals surface area contributed by atoms with Crippen LogP contribution < -0.4 is 5.73 Å². The fourth-order valence-corrected chi connectivity index (χ4v) is 5.02. The van der Waals surface area contributed by atoms with Crippen LogP contribution in [0.2, 0.25) is 0 Å². The van der Waals surface area contributed by atoms with Gasteiger partial charge in [-0.25, -0.2) is 22.9 Å². The van der Waals surface area contributed by atoms with Gasteiger partial charge >= 0.3 is 5.97 Å². The van der Waals surface area contributed by atoms with Gasteiger partial charge in [0.2, 0.25) is 0 Å². The van der Waals surface area contributed by atoms with Crippen molar-refractivity contribution in [2.45, 2.75) is 44.2 Å². The van der Waals surface area contributed by atoms with E-state index in [0.717, 1.165) is 29.8 Å². The first-order valence-corrected chi connectivity index (χ1v) is 11.8. The maximum atomic E-state index is 14.4. The molecule has 7 nitrogen and oxygen atoms in total. The van der Waals surface area contributed by atoms with Gasteiger partial charge in [-0.05, 0) is 66.1 Å². The van der Waals surface area contributed by atoms with Crippen LogP contribution in [0.5, 0.6) is 0 Å². The first-order valence-electron chi connectivity index (χ1n) is 11.8. The van der Waals surface area contributed by atoms with Gasteiger partial charge in [0.15, 0.2) is 5.78 Å². The molecule has 2 heterocycles. The van der Waals surface area contributed by atoms with Crippen molar-refractivity contribution < 1.29 is 32.6 Å². The Labute approximate surface area is 211 Å². The van der Waals surface area contributed by atoms with Crippen molar-refractivity contribution in [2.24, 2.45) is 11.7 Å². The number of nitrogens with zero attached hydrogens (tertiary/aromatic N) is 2. The molecule has 10 heteroatoms. The summed E-state index contributed by atoms with van der Waals surface area (Å²) in [5, 5.41) is 8.92. The Balaban J connectivity index is 1.56. The van der Waals surface area contributed by atoms with Crippen LogP contribution in [0.4, 0.5) is 13.2 Å². The quantitative estimate of drug-likeness (QED) is 0.432. The summed E-state index contributed by atoms with van der Waals surface area (Å²) in [5.41, 5.74) is 6.48. The monoisotopic (exact) mass is 513 g/mol. The number of pyridine rings is 2. The second-order valence-corrected chi connectivity index (χ2v) is 9.28. The molecule has 0 bridgehead atoms. The number of nitrogens with two attached hydrogens (primary N) is 1. The molecule has 1 saturated carbocycles. The van der Waals surface area contributed by atoms with Crippen molar-refractivity contribution >= 4 is 11.8 Å². The molecule has 2 aromatic heterocycles. The number of carbonyl (C=O) groups excluding carboxylic acids is 1. The number of hydrogen-bond donors (Lipinski definition) is 2. The fraction of sp³-hybridized carbons (Fsp3) is 0.333. The molecule has 1 aliphatic carbocycles. The standard InChI is InChI=1S/C27H26F3N3O4/c1-14-9-15(10-21(31)27(14)37-13-24(35)36)17-7-8-32-12-16(17)11-23(34)22-6-5-20(30)26(33-22)25-18(28)3-2-4-19(25)29/h2-8,12,14-15,21,27H,9-11,13,31H2,1H3,(H,35,36)/t14-,15+,21+,27-/m0/s1. The normalized spacial score (nSPS) is 21.5. The second kappa shape index (κ2) is 11.2. The summed E-state index contributed by atoms with van der Waals surface area (Å²) in [6.45, 7) is 1.52. The van der Waals surface area contributed by atoms with Crippen molar-refractivity contribution in [1.29, 1.82) is 0 Å². The lowest BCUT2D eigenvalue weighted by molar-refractivity contribution is -0.146. The minimum Gasteiger partial charge on any atom is -0.480 e. The van der Waals surface area contributed by atoms with Crippen molar-refractivity contribution in [3.05, 3.63) is 83.1 Å². The second-order valence-electron chi connectivity index (χ2n) is 9.28. The van der Waals surface area contributed by atoms with Crippen LogP contribution >= 0.6 is 0 Å². The van der Waals surface area contributed by atoms with Gasteiger partial charge in [-0.3, -0.25) is 9.78 Å². The Morgan fingerprint density at radius 2 is 1.81 bits per heavy atom. The van der Waals surface area contributed by atoms with Crippen LogP contribution in [-0.2, 0) is 16.0 Å². The summed E-state index contributed by atoms with van der Waals surface area (Å²) in [5.74, 6) is -4.51. The molecule has 1 aliphatic rings. The van der Waals surface area contributed by atoms with E-state index in [-0.39, 0.29) is 24.0 Å². The first kappa shape index (κ1) is 26.4. The summed E-state index contributed by atoms with van der Waals surface area (Å²) < 4.78 is 48.4. The van der Waals surface area contributed by atoms with Crippen LogP contribution in [0.3, 0.4) is 0 Å². The van der Waals surface area contributed by atoms with Gasteiger partial charge in [0.1, 0.15) is 35.4 Å². The van der Waals surface area contributed by atoms with E-state index >= 15 is 0 Å². The lowest BCUT2D eigenvalue weighted by atomic mass is 9.73. The zero-order valence-corrected chi connectivity index (χ0v) is 20.0. The Hall–Kier alpha value is -3.63. The Kier molecular flexibility index (Phi) is 7.99. The lowest BCUT2D eigenvalue weighted by Gasteiger charge is -2.39. The van der Waals surface area contributed by atoms with Gasteiger partial charge < -0.3 is 15.6 Å². The molecule has 0 spiro atoms. The van der Waals surface area contributed by atoms with Crippen molar-refractivity contribution in [2.75, 3.05) is 6.61 Å². The number of halogens is 3.